The Bertz CT molecular complexity index is 900. The van der Waals surface area contributed by atoms with Gasteiger partial charge in [0, 0.05) is 18.9 Å². The lowest BCUT2D eigenvalue weighted by Crippen LogP contribution is -2.30. The fraction of sp³-hybridized carbons (Fsp3) is 0.200. The number of primary sulfonamides is 1. The van der Waals surface area contributed by atoms with Gasteiger partial charge in [0.15, 0.2) is 0 Å². The fourth-order valence-electron chi connectivity index (χ4n) is 2.00. The van der Waals surface area contributed by atoms with E-state index in [9.17, 15) is 26.4 Å². The molecule has 0 spiro atoms. The van der Waals surface area contributed by atoms with Gasteiger partial charge >= 0.3 is 6.36 Å². The number of nitrogens with two attached hydrogens (primary N) is 1. The van der Waals surface area contributed by atoms with Crippen molar-refractivity contribution in [2.24, 2.45) is 5.14 Å². The van der Waals surface area contributed by atoms with Crippen molar-refractivity contribution in [2.45, 2.75) is 11.3 Å². The number of aromatic nitrogens is 1. The van der Waals surface area contributed by atoms with Crippen LogP contribution in [0.15, 0.2) is 47.5 Å². The molecule has 0 bridgehead atoms. The van der Waals surface area contributed by atoms with Crippen LogP contribution in [0.3, 0.4) is 0 Å². The number of likely N-dealkylation sites (N-methyl/N-ethyl adjacent to an activating group) is 1. The Morgan fingerprint density at radius 2 is 1.85 bits per heavy atom. The van der Waals surface area contributed by atoms with Crippen molar-refractivity contribution in [3.05, 3.63) is 42.6 Å². The maximum Gasteiger partial charge on any atom is 0.573 e. The number of hydrogen-bond donors (Lipinski definition) is 2. The molecule has 0 atom stereocenters. The summed E-state index contributed by atoms with van der Waals surface area (Å²) in [6.07, 6.45) is -3.72. The summed E-state index contributed by atoms with van der Waals surface area (Å²) < 4.78 is 62.4. The standard InChI is InChI=1S/C15H15F3N4O4S/c1-22(13-7-6-12(8-20-13)27(19,24)25)9-14(23)21-10-2-4-11(5-3-10)26-15(16,17)18/h2-8H,9H2,1H3,(H,21,23)(H2,19,24,25). The van der Waals surface area contributed by atoms with E-state index in [2.05, 4.69) is 15.0 Å². The molecule has 0 radical (unpaired) electrons. The van der Waals surface area contributed by atoms with Crippen molar-refractivity contribution < 1.29 is 31.1 Å². The number of benzene rings is 1. The molecule has 1 aromatic heterocycles. The van der Waals surface area contributed by atoms with Gasteiger partial charge in [0.1, 0.15) is 16.5 Å². The summed E-state index contributed by atoms with van der Waals surface area (Å²) in [6, 6.07) is 7.30. The zero-order valence-corrected chi connectivity index (χ0v) is 14.7. The second-order valence-corrected chi connectivity index (χ2v) is 6.93. The number of alkyl halides is 3. The molecule has 8 nitrogen and oxygen atoms in total. The molecule has 3 N–H and O–H groups in total. The van der Waals surface area contributed by atoms with Crippen molar-refractivity contribution in [2.75, 3.05) is 23.8 Å². The smallest absolute Gasteiger partial charge is 0.406 e. The summed E-state index contributed by atoms with van der Waals surface area (Å²) in [4.78, 5) is 17.2. The number of anilines is 2. The first-order valence-corrected chi connectivity index (χ1v) is 8.84. The summed E-state index contributed by atoms with van der Waals surface area (Å²) in [6.45, 7) is -0.136. The minimum Gasteiger partial charge on any atom is -0.406 e. The minimum absolute atomic E-state index is 0.136. The van der Waals surface area contributed by atoms with Crippen LogP contribution in [0.5, 0.6) is 5.75 Å². The van der Waals surface area contributed by atoms with Crippen molar-refractivity contribution in [1.82, 2.24) is 4.98 Å². The molecule has 2 aromatic rings. The molecule has 1 heterocycles. The normalized spacial score (nSPS) is 11.7. The van der Waals surface area contributed by atoms with Gasteiger partial charge in [-0.1, -0.05) is 0 Å². The number of rotatable bonds is 6. The van der Waals surface area contributed by atoms with Crippen molar-refractivity contribution in [3.8, 4) is 5.75 Å². The Morgan fingerprint density at radius 3 is 2.33 bits per heavy atom. The molecule has 12 heteroatoms. The largest absolute Gasteiger partial charge is 0.573 e. The van der Waals surface area contributed by atoms with Gasteiger partial charge in [-0.25, -0.2) is 18.5 Å². The van der Waals surface area contributed by atoms with Crippen LogP contribution >= 0.6 is 0 Å². The molecule has 0 fully saturated rings. The molecule has 0 saturated carbocycles. The Labute approximate surface area is 152 Å². The average Bonchev–Trinajstić information content (AvgIpc) is 2.54. The van der Waals surface area contributed by atoms with Crippen LogP contribution in [-0.2, 0) is 14.8 Å². The van der Waals surface area contributed by atoms with Gasteiger partial charge in [0.25, 0.3) is 0 Å². The van der Waals surface area contributed by atoms with Gasteiger partial charge in [-0.3, -0.25) is 4.79 Å². The van der Waals surface area contributed by atoms with Crippen LogP contribution in [0, 0.1) is 0 Å². The molecule has 146 valence electrons. The Balaban J connectivity index is 1.95. The molecule has 2 rings (SSSR count). The first-order chi connectivity index (χ1) is 12.4. The maximum absolute atomic E-state index is 12.1. The highest BCUT2D eigenvalue weighted by atomic mass is 32.2. The third-order valence-electron chi connectivity index (χ3n) is 3.19. The number of hydrogen-bond acceptors (Lipinski definition) is 6. The lowest BCUT2D eigenvalue weighted by atomic mass is 10.3. The van der Waals surface area contributed by atoms with E-state index in [0.29, 0.717) is 5.82 Å². The van der Waals surface area contributed by atoms with Gasteiger partial charge < -0.3 is 15.0 Å². The predicted molar refractivity (Wildman–Crippen MR) is 90.6 cm³/mol. The third-order valence-corrected chi connectivity index (χ3v) is 4.09. The minimum atomic E-state index is -4.79. The molecular weight excluding hydrogens is 389 g/mol. The molecule has 27 heavy (non-hydrogen) atoms. The molecule has 0 aliphatic carbocycles. The van der Waals surface area contributed by atoms with Crippen LogP contribution in [0.2, 0.25) is 0 Å². The fourth-order valence-corrected chi connectivity index (χ4v) is 2.46. The number of carbonyl (C=O) groups excluding carboxylic acids is 1. The Hall–Kier alpha value is -2.86. The number of ether oxygens (including phenoxy) is 1. The maximum atomic E-state index is 12.1. The van der Waals surface area contributed by atoms with E-state index < -0.39 is 28.0 Å². The summed E-state index contributed by atoms with van der Waals surface area (Å²) in [5.41, 5.74) is 0.278. The first kappa shape index (κ1) is 20.5. The second kappa shape index (κ2) is 7.80. The van der Waals surface area contributed by atoms with Gasteiger partial charge in [-0.05, 0) is 36.4 Å². The van der Waals surface area contributed by atoms with E-state index in [1.807, 2.05) is 0 Å². The molecule has 0 aliphatic rings. The molecule has 1 aromatic carbocycles. The van der Waals surface area contributed by atoms with Crippen LogP contribution < -0.4 is 20.1 Å². The highest BCUT2D eigenvalue weighted by Crippen LogP contribution is 2.24. The van der Waals surface area contributed by atoms with Crippen LogP contribution in [0.4, 0.5) is 24.7 Å². The predicted octanol–water partition coefficient (Wildman–Crippen LogP) is 1.70. The lowest BCUT2D eigenvalue weighted by molar-refractivity contribution is -0.274. The number of amides is 1. The van der Waals surface area contributed by atoms with Gasteiger partial charge in [0.05, 0.1) is 6.54 Å². The zero-order chi connectivity index (χ0) is 20.2. The second-order valence-electron chi connectivity index (χ2n) is 5.37. The van der Waals surface area contributed by atoms with E-state index in [4.69, 9.17) is 5.14 Å². The number of pyridine rings is 1. The number of carbonyl (C=O) groups is 1. The Kier molecular flexibility index (Phi) is 5.91. The van der Waals surface area contributed by atoms with Gasteiger partial charge in [-0.2, -0.15) is 0 Å². The number of nitrogens with one attached hydrogen (secondary N) is 1. The SMILES string of the molecule is CN(CC(=O)Nc1ccc(OC(F)(F)F)cc1)c1ccc(S(N)(=O)=O)cn1. The number of sulfonamides is 1. The lowest BCUT2D eigenvalue weighted by Gasteiger charge is -2.18. The van der Waals surface area contributed by atoms with Crippen molar-refractivity contribution >= 4 is 27.4 Å². The van der Waals surface area contributed by atoms with Crippen LogP contribution in [0.25, 0.3) is 0 Å². The molecular formula is C15H15F3N4O4S. The van der Waals surface area contributed by atoms with Crippen molar-refractivity contribution in [3.63, 3.8) is 0 Å². The van der Waals surface area contributed by atoms with E-state index >= 15 is 0 Å². The van der Waals surface area contributed by atoms with Crippen LogP contribution in [0.1, 0.15) is 0 Å². The summed E-state index contributed by atoms with van der Waals surface area (Å²) in [7, 11) is -2.31. The average molecular weight is 404 g/mol. The molecule has 0 saturated heterocycles. The molecule has 0 aliphatic heterocycles. The van der Waals surface area contributed by atoms with E-state index in [1.165, 1.54) is 29.2 Å². The van der Waals surface area contributed by atoms with Crippen molar-refractivity contribution in [1.29, 1.82) is 0 Å². The highest BCUT2D eigenvalue weighted by molar-refractivity contribution is 7.89. The topological polar surface area (TPSA) is 115 Å². The Morgan fingerprint density at radius 1 is 1.22 bits per heavy atom. The van der Waals surface area contributed by atoms with Gasteiger partial charge in [-0.15, -0.1) is 13.2 Å². The third kappa shape index (κ3) is 6.42. The quantitative estimate of drug-likeness (QED) is 0.758. The number of halogens is 3. The van der Waals surface area contributed by atoms with E-state index in [1.54, 1.807) is 7.05 Å². The summed E-state index contributed by atoms with van der Waals surface area (Å²) in [5.74, 6) is -0.539. The number of nitrogens with zero attached hydrogens (tertiary/aromatic N) is 2. The summed E-state index contributed by atoms with van der Waals surface area (Å²) in [5, 5.41) is 7.48. The van der Waals surface area contributed by atoms with E-state index in [-0.39, 0.29) is 17.1 Å². The van der Waals surface area contributed by atoms with Gasteiger partial charge in [0.2, 0.25) is 15.9 Å². The highest BCUT2D eigenvalue weighted by Gasteiger charge is 2.30. The molecule has 0 unspecified atom stereocenters. The first-order valence-electron chi connectivity index (χ1n) is 7.30. The summed E-state index contributed by atoms with van der Waals surface area (Å²) >= 11 is 0. The monoisotopic (exact) mass is 404 g/mol. The van der Waals surface area contributed by atoms with E-state index in [0.717, 1.165) is 18.3 Å². The van der Waals surface area contributed by atoms with Crippen LogP contribution in [-0.4, -0.2) is 39.3 Å². The molecule has 1 amide bonds. The zero-order valence-electron chi connectivity index (χ0n) is 13.9.